The van der Waals surface area contributed by atoms with E-state index in [0.717, 1.165) is 42.5 Å². The van der Waals surface area contributed by atoms with Crippen molar-refractivity contribution in [2.24, 2.45) is 0 Å². The molecule has 0 spiro atoms. The number of rotatable bonds is 9. The molecule has 0 fully saturated rings. The summed E-state index contributed by atoms with van der Waals surface area (Å²) < 4.78 is 5.62. The first-order valence-electron chi connectivity index (χ1n) is 7.66. The number of hydrogen-bond donors (Lipinski definition) is 2. The largest absolute Gasteiger partial charge is 0.494 e. The highest BCUT2D eigenvalue weighted by molar-refractivity contribution is 6.31. The van der Waals surface area contributed by atoms with Crippen LogP contribution in [0.1, 0.15) is 18.1 Å². The zero-order chi connectivity index (χ0) is 15.6. The van der Waals surface area contributed by atoms with Gasteiger partial charge in [0.1, 0.15) is 5.75 Å². The van der Waals surface area contributed by atoms with Crippen molar-refractivity contribution in [3.63, 3.8) is 0 Å². The van der Waals surface area contributed by atoms with Crippen molar-refractivity contribution in [1.29, 1.82) is 0 Å². The molecule has 0 aromatic heterocycles. The summed E-state index contributed by atoms with van der Waals surface area (Å²) in [7, 11) is 0. The third-order valence-corrected chi connectivity index (χ3v) is 3.71. The van der Waals surface area contributed by atoms with Gasteiger partial charge in [-0.15, -0.1) is 0 Å². The van der Waals surface area contributed by atoms with Crippen LogP contribution in [0.4, 0.5) is 0 Å². The normalized spacial score (nSPS) is 10.6. The highest BCUT2D eigenvalue weighted by Gasteiger charge is 2.01. The van der Waals surface area contributed by atoms with Crippen LogP contribution in [0.3, 0.4) is 0 Å². The van der Waals surface area contributed by atoms with E-state index in [4.69, 9.17) is 16.3 Å². The maximum atomic E-state index is 6.12. The van der Waals surface area contributed by atoms with E-state index in [2.05, 4.69) is 16.7 Å². The van der Waals surface area contributed by atoms with Crippen LogP contribution in [0.5, 0.6) is 5.75 Å². The van der Waals surface area contributed by atoms with Gasteiger partial charge >= 0.3 is 0 Å². The first kappa shape index (κ1) is 16.8. The smallest absolute Gasteiger partial charge is 0.123 e. The standard InChI is InChI=1S/C18H23ClN2O/c1-2-22-18-10-6-4-8-16(18)14-21-12-11-20-13-15-7-3-5-9-17(15)19/h3-10,20-21H,2,11-14H2,1H3. The molecule has 118 valence electrons. The van der Waals surface area contributed by atoms with Gasteiger partial charge in [0, 0.05) is 36.8 Å². The summed E-state index contributed by atoms with van der Waals surface area (Å²) in [5.41, 5.74) is 2.32. The number of nitrogens with one attached hydrogen (secondary N) is 2. The molecule has 22 heavy (non-hydrogen) atoms. The first-order valence-corrected chi connectivity index (χ1v) is 8.04. The van der Waals surface area contributed by atoms with E-state index >= 15 is 0 Å². The van der Waals surface area contributed by atoms with Gasteiger partial charge in [-0.05, 0) is 24.6 Å². The van der Waals surface area contributed by atoms with E-state index in [1.54, 1.807) is 0 Å². The first-order chi connectivity index (χ1) is 10.8. The quantitative estimate of drug-likeness (QED) is 0.693. The van der Waals surface area contributed by atoms with E-state index in [1.807, 2.05) is 49.4 Å². The summed E-state index contributed by atoms with van der Waals surface area (Å²) in [6.45, 7) is 6.08. The molecule has 2 N–H and O–H groups in total. The monoisotopic (exact) mass is 318 g/mol. The highest BCUT2D eigenvalue weighted by Crippen LogP contribution is 2.17. The minimum atomic E-state index is 0.691. The molecule has 0 aliphatic rings. The lowest BCUT2D eigenvalue weighted by atomic mass is 10.2. The Labute approximate surface area is 137 Å². The number of benzene rings is 2. The van der Waals surface area contributed by atoms with Crippen LogP contribution < -0.4 is 15.4 Å². The second-order valence-corrected chi connectivity index (χ2v) is 5.39. The van der Waals surface area contributed by atoms with Gasteiger partial charge in [0.05, 0.1) is 6.61 Å². The van der Waals surface area contributed by atoms with Crippen LogP contribution in [0.2, 0.25) is 5.02 Å². The lowest BCUT2D eigenvalue weighted by Gasteiger charge is -2.11. The number of para-hydroxylation sites is 1. The van der Waals surface area contributed by atoms with Gasteiger partial charge in [-0.1, -0.05) is 48.0 Å². The molecule has 0 radical (unpaired) electrons. The maximum absolute atomic E-state index is 6.12. The molecule has 0 unspecified atom stereocenters. The minimum absolute atomic E-state index is 0.691. The summed E-state index contributed by atoms with van der Waals surface area (Å²) in [4.78, 5) is 0. The molecule has 0 bridgehead atoms. The van der Waals surface area contributed by atoms with E-state index in [1.165, 1.54) is 5.56 Å². The van der Waals surface area contributed by atoms with Crippen molar-refractivity contribution in [3.05, 3.63) is 64.7 Å². The van der Waals surface area contributed by atoms with Gasteiger partial charge < -0.3 is 15.4 Å². The molecule has 0 atom stereocenters. The van der Waals surface area contributed by atoms with Gasteiger partial charge in [0.25, 0.3) is 0 Å². The van der Waals surface area contributed by atoms with Crippen LogP contribution in [0.15, 0.2) is 48.5 Å². The third-order valence-electron chi connectivity index (χ3n) is 3.34. The topological polar surface area (TPSA) is 33.3 Å². The predicted octanol–water partition coefficient (Wildman–Crippen LogP) is 3.62. The fourth-order valence-corrected chi connectivity index (χ4v) is 2.41. The SMILES string of the molecule is CCOc1ccccc1CNCCNCc1ccccc1Cl. The van der Waals surface area contributed by atoms with Crippen molar-refractivity contribution >= 4 is 11.6 Å². The molecule has 4 heteroatoms. The fourth-order valence-electron chi connectivity index (χ4n) is 2.21. The summed E-state index contributed by atoms with van der Waals surface area (Å²) in [6.07, 6.45) is 0. The Morgan fingerprint density at radius 1 is 0.864 bits per heavy atom. The lowest BCUT2D eigenvalue weighted by molar-refractivity contribution is 0.335. The van der Waals surface area contributed by atoms with Crippen molar-refractivity contribution in [2.75, 3.05) is 19.7 Å². The minimum Gasteiger partial charge on any atom is -0.494 e. The second kappa shape index (κ2) is 9.46. The molecular weight excluding hydrogens is 296 g/mol. The van der Waals surface area contributed by atoms with Gasteiger partial charge in [0.2, 0.25) is 0 Å². The number of halogens is 1. The summed E-state index contributed by atoms with van der Waals surface area (Å²) in [5, 5.41) is 7.63. The zero-order valence-electron chi connectivity index (χ0n) is 12.9. The van der Waals surface area contributed by atoms with Crippen molar-refractivity contribution < 1.29 is 4.74 Å². The molecule has 0 saturated heterocycles. The van der Waals surface area contributed by atoms with Crippen LogP contribution in [0, 0.1) is 0 Å². The molecule has 0 amide bonds. The molecular formula is C18H23ClN2O. The molecule has 0 heterocycles. The molecule has 0 saturated carbocycles. The summed E-state index contributed by atoms with van der Waals surface area (Å²) in [5.74, 6) is 0.960. The molecule has 3 nitrogen and oxygen atoms in total. The number of hydrogen-bond acceptors (Lipinski definition) is 3. The fraction of sp³-hybridized carbons (Fsp3) is 0.333. The zero-order valence-corrected chi connectivity index (χ0v) is 13.7. The van der Waals surface area contributed by atoms with E-state index in [-0.39, 0.29) is 0 Å². The molecule has 2 rings (SSSR count). The summed E-state index contributed by atoms with van der Waals surface area (Å²) >= 11 is 6.12. The number of ether oxygens (including phenoxy) is 1. The Morgan fingerprint density at radius 3 is 2.14 bits per heavy atom. The van der Waals surface area contributed by atoms with Crippen LogP contribution in [0.25, 0.3) is 0 Å². The predicted molar refractivity (Wildman–Crippen MR) is 92.5 cm³/mol. The Kier molecular flexibility index (Phi) is 7.23. The van der Waals surface area contributed by atoms with Gasteiger partial charge in [-0.25, -0.2) is 0 Å². The van der Waals surface area contributed by atoms with Crippen LogP contribution >= 0.6 is 11.6 Å². The average Bonchev–Trinajstić information content (AvgIpc) is 2.54. The lowest BCUT2D eigenvalue weighted by Crippen LogP contribution is -2.27. The molecule has 2 aromatic carbocycles. The molecule has 0 aliphatic heterocycles. The van der Waals surface area contributed by atoms with E-state index in [0.29, 0.717) is 6.61 Å². The Hall–Kier alpha value is -1.55. The Bertz CT molecular complexity index is 575. The molecule has 0 aliphatic carbocycles. The van der Waals surface area contributed by atoms with E-state index in [9.17, 15) is 0 Å². The maximum Gasteiger partial charge on any atom is 0.123 e. The van der Waals surface area contributed by atoms with Gasteiger partial charge in [-0.3, -0.25) is 0 Å². The Balaban J connectivity index is 1.66. The van der Waals surface area contributed by atoms with E-state index < -0.39 is 0 Å². The van der Waals surface area contributed by atoms with Gasteiger partial charge in [0.15, 0.2) is 0 Å². The van der Waals surface area contributed by atoms with Crippen LogP contribution in [-0.4, -0.2) is 19.7 Å². The second-order valence-electron chi connectivity index (χ2n) is 4.99. The van der Waals surface area contributed by atoms with Crippen molar-refractivity contribution in [1.82, 2.24) is 10.6 Å². The van der Waals surface area contributed by atoms with Crippen molar-refractivity contribution in [3.8, 4) is 5.75 Å². The van der Waals surface area contributed by atoms with Crippen molar-refractivity contribution in [2.45, 2.75) is 20.0 Å². The molecule has 2 aromatic rings. The third kappa shape index (κ3) is 5.34. The van der Waals surface area contributed by atoms with Gasteiger partial charge in [-0.2, -0.15) is 0 Å². The van der Waals surface area contributed by atoms with Crippen LogP contribution in [-0.2, 0) is 13.1 Å². The Morgan fingerprint density at radius 2 is 1.45 bits per heavy atom. The average molecular weight is 319 g/mol. The summed E-state index contributed by atoms with van der Waals surface area (Å²) in [6, 6.07) is 16.1. The highest BCUT2D eigenvalue weighted by atomic mass is 35.5.